The van der Waals surface area contributed by atoms with E-state index < -0.39 is 5.97 Å². The van der Waals surface area contributed by atoms with Crippen LogP contribution in [0.5, 0.6) is 0 Å². The number of anilines is 2. The number of benzene rings is 2. The van der Waals surface area contributed by atoms with Gasteiger partial charge in [0.1, 0.15) is 5.84 Å². The van der Waals surface area contributed by atoms with Gasteiger partial charge in [-0.05, 0) is 54.3 Å². The fourth-order valence-corrected chi connectivity index (χ4v) is 3.42. The zero-order valence-electron chi connectivity index (χ0n) is 15.8. The number of nitrogen functional groups attached to an aromatic ring is 1. The standard InChI is InChI=1S/C21H24N4O3/c1-14(13-19(26)27)12-15-2-6-17(7-3-15)24-10-11-25(21(24)28)18-8-4-16(5-9-18)20(22)23/h2-9,14H,10-13H2,1H3,(H3,22,23)(H,26,27). The molecular weight excluding hydrogens is 356 g/mol. The van der Waals surface area contributed by atoms with Crippen LogP contribution in [0, 0.1) is 11.3 Å². The fraction of sp³-hybridized carbons (Fsp3) is 0.286. The van der Waals surface area contributed by atoms with Crippen LogP contribution in [0.3, 0.4) is 0 Å². The van der Waals surface area contributed by atoms with Crippen molar-refractivity contribution in [2.75, 3.05) is 22.9 Å². The molecule has 146 valence electrons. The van der Waals surface area contributed by atoms with Gasteiger partial charge in [-0.2, -0.15) is 0 Å². The molecule has 1 fully saturated rings. The summed E-state index contributed by atoms with van der Waals surface area (Å²) >= 11 is 0. The van der Waals surface area contributed by atoms with Crippen LogP contribution < -0.4 is 15.5 Å². The number of rotatable bonds is 7. The van der Waals surface area contributed by atoms with Crippen LogP contribution in [0.1, 0.15) is 24.5 Å². The van der Waals surface area contributed by atoms with E-state index in [0.29, 0.717) is 25.1 Å². The van der Waals surface area contributed by atoms with E-state index in [0.717, 1.165) is 16.9 Å². The Kier molecular flexibility index (Phi) is 5.63. The zero-order valence-corrected chi connectivity index (χ0v) is 15.8. The van der Waals surface area contributed by atoms with E-state index in [4.69, 9.17) is 16.2 Å². The Morgan fingerprint density at radius 3 is 2.04 bits per heavy atom. The van der Waals surface area contributed by atoms with Crippen molar-refractivity contribution in [1.82, 2.24) is 0 Å². The van der Waals surface area contributed by atoms with Crippen LogP contribution in [0.15, 0.2) is 48.5 Å². The Morgan fingerprint density at radius 2 is 1.57 bits per heavy atom. The van der Waals surface area contributed by atoms with Gasteiger partial charge in [0, 0.05) is 36.4 Å². The third-order valence-corrected chi connectivity index (χ3v) is 4.85. The van der Waals surface area contributed by atoms with Gasteiger partial charge in [-0.3, -0.25) is 20.0 Å². The maximum atomic E-state index is 12.8. The van der Waals surface area contributed by atoms with Crippen molar-refractivity contribution in [2.45, 2.75) is 19.8 Å². The number of urea groups is 1. The molecule has 4 N–H and O–H groups in total. The first kappa shape index (κ1) is 19.4. The second kappa shape index (κ2) is 8.12. The van der Waals surface area contributed by atoms with E-state index >= 15 is 0 Å². The molecule has 0 saturated carbocycles. The summed E-state index contributed by atoms with van der Waals surface area (Å²) in [5.41, 5.74) is 8.75. The highest BCUT2D eigenvalue weighted by Crippen LogP contribution is 2.26. The molecule has 0 aromatic heterocycles. The summed E-state index contributed by atoms with van der Waals surface area (Å²) in [5.74, 6) is -0.730. The summed E-state index contributed by atoms with van der Waals surface area (Å²) in [7, 11) is 0. The Morgan fingerprint density at radius 1 is 1.07 bits per heavy atom. The second-order valence-corrected chi connectivity index (χ2v) is 7.12. The van der Waals surface area contributed by atoms with Crippen LogP contribution >= 0.6 is 0 Å². The summed E-state index contributed by atoms with van der Waals surface area (Å²) < 4.78 is 0. The third kappa shape index (κ3) is 4.31. The minimum absolute atomic E-state index is 0.00121. The number of nitrogens with zero attached hydrogens (tertiary/aromatic N) is 2. The van der Waals surface area contributed by atoms with Crippen LogP contribution in [-0.4, -0.2) is 36.0 Å². The quantitative estimate of drug-likeness (QED) is 0.506. The number of carbonyl (C=O) groups is 2. The predicted octanol–water partition coefficient (Wildman–Crippen LogP) is 3.07. The van der Waals surface area contributed by atoms with E-state index in [1.54, 1.807) is 34.1 Å². The summed E-state index contributed by atoms with van der Waals surface area (Å²) in [6, 6.07) is 14.7. The number of nitrogens with two attached hydrogens (primary N) is 1. The van der Waals surface area contributed by atoms with Gasteiger partial charge in [-0.25, -0.2) is 4.79 Å². The molecule has 1 aliphatic rings. The SMILES string of the molecule is CC(CC(=O)O)Cc1ccc(N2CCN(c3ccc(C(=N)N)cc3)C2=O)cc1. The van der Waals surface area contributed by atoms with Gasteiger partial charge in [0.25, 0.3) is 0 Å². The first-order valence-corrected chi connectivity index (χ1v) is 9.19. The molecule has 3 rings (SSSR count). The molecule has 0 aliphatic carbocycles. The number of carboxylic acid groups (broad SMARTS) is 1. The number of hydrogen-bond acceptors (Lipinski definition) is 3. The topological polar surface area (TPSA) is 111 Å². The van der Waals surface area contributed by atoms with Gasteiger partial charge in [-0.15, -0.1) is 0 Å². The van der Waals surface area contributed by atoms with E-state index in [1.807, 2.05) is 31.2 Å². The number of amides is 2. The average Bonchev–Trinajstić information content (AvgIpc) is 3.03. The van der Waals surface area contributed by atoms with Gasteiger partial charge in [0.05, 0.1) is 0 Å². The molecule has 0 radical (unpaired) electrons. The molecule has 1 atom stereocenters. The van der Waals surface area contributed by atoms with Crippen LogP contribution in [-0.2, 0) is 11.2 Å². The lowest BCUT2D eigenvalue weighted by molar-refractivity contribution is -0.137. The summed E-state index contributed by atoms with van der Waals surface area (Å²) in [6.45, 7) is 3.08. The van der Waals surface area contributed by atoms with E-state index in [9.17, 15) is 9.59 Å². The number of carboxylic acids is 1. The maximum Gasteiger partial charge on any atom is 0.329 e. The molecule has 1 heterocycles. The van der Waals surface area contributed by atoms with Crippen molar-refractivity contribution in [2.24, 2.45) is 11.7 Å². The molecular formula is C21H24N4O3. The summed E-state index contributed by atoms with van der Waals surface area (Å²) in [4.78, 5) is 27.1. The lowest BCUT2D eigenvalue weighted by Crippen LogP contribution is -2.31. The highest BCUT2D eigenvalue weighted by molar-refractivity contribution is 6.06. The van der Waals surface area contributed by atoms with Crippen LogP contribution in [0.2, 0.25) is 0 Å². The predicted molar refractivity (Wildman–Crippen MR) is 109 cm³/mol. The maximum absolute atomic E-state index is 12.8. The van der Waals surface area contributed by atoms with Crippen LogP contribution in [0.4, 0.5) is 16.2 Å². The van der Waals surface area contributed by atoms with E-state index in [1.165, 1.54) is 0 Å². The molecule has 0 spiro atoms. The van der Waals surface area contributed by atoms with E-state index in [2.05, 4.69) is 0 Å². The van der Waals surface area contributed by atoms with Crippen molar-refractivity contribution in [3.63, 3.8) is 0 Å². The monoisotopic (exact) mass is 380 g/mol. The minimum Gasteiger partial charge on any atom is -0.481 e. The van der Waals surface area contributed by atoms with Crippen molar-refractivity contribution in [1.29, 1.82) is 5.41 Å². The first-order valence-electron chi connectivity index (χ1n) is 9.19. The third-order valence-electron chi connectivity index (χ3n) is 4.85. The van der Waals surface area contributed by atoms with Gasteiger partial charge in [-0.1, -0.05) is 19.1 Å². The molecule has 1 aliphatic heterocycles. The molecule has 1 saturated heterocycles. The van der Waals surface area contributed by atoms with Gasteiger partial charge < -0.3 is 10.8 Å². The number of amidine groups is 1. The smallest absolute Gasteiger partial charge is 0.329 e. The van der Waals surface area contributed by atoms with Crippen molar-refractivity contribution < 1.29 is 14.7 Å². The average molecular weight is 380 g/mol. The highest BCUT2D eigenvalue weighted by atomic mass is 16.4. The van der Waals surface area contributed by atoms with Gasteiger partial charge in [0.15, 0.2) is 0 Å². The molecule has 7 nitrogen and oxygen atoms in total. The summed E-state index contributed by atoms with van der Waals surface area (Å²) in [6.07, 6.45) is 0.832. The minimum atomic E-state index is -0.789. The molecule has 1 unspecified atom stereocenters. The highest BCUT2D eigenvalue weighted by Gasteiger charge is 2.30. The molecule has 2 aromatic rings. The van der Waals surface area contributed by atoms with Gasteiger partial charge >= 0.3 is 12.0 Å². The molecule has 2 aromatic carbocycles. The van der Waals surface area contributed by atoms with Crippen molar-refractivity contribution in [3.05, 3.63) is 59.7 Å². The lowest BCUT2D eigenvalue weighted by Gasteiger charge is -2.19. The van der Waals surface area contributed by atoms with Gasteiger partial charge in [0.2, 0.25) is 0 Å². The lowest BCUT2D eigenvalue weighted by atomic mass is 9.98. The second-order valence-electron chi connectivity index (χ2n) is 7.12. The Labute approximate surface area is 163 Å². The van der Waals surface area contributed by atoms with Crippen molar-refractivity contribution >= 4 is 29.2 Å². The number of aliphatic carboxylic acids is 1. The Bertz CT molecular complexity index is 878. The first-order chi connectivity index (χ1) is 13.3. The molecule has 7 heteroatoms. The molecule has 2 amide bonds. The number of carbonyl (C=O) groups excluding carboxylic acids is 1. The van der Waals surface area contributed by atoms with Crippen LogP contribution in [0.25, 0.3) is 0 Å². The number of hydrogen-bond donors (Lipinski definition) is 3. The largest absolute Gasteiger partial charge is 0.481 e. The Balaban J connectivity index is 1.67. The molecule has 28 heavy (non-hydrogen) atoms. The summed E-state index contributed by atoms with van der Waals surface area (Å²) in [5, 5.41) is 16.3. The number of nitrogens with one attached hydrogen (secondary N) is 1. The zero-order chi connectivity index (χ0) is 20.3. The normalized spacial score (nSPS) is 15.0. The Hall–Kier alpha value is -3.35. The van der Waals surface area contributed by atoms with E-state index in [-0.39, 0.29) is 24.2 Å². The molecule has 0 bridgehead atoms. The fourth-order valence-electron chi connectivity index (χ4n) is 3.42. The van der Waals surface area contributed by atoms with Crippen molar-refractivity contribution in [3.8, 4) is 0 Å².